The average Bonchev–Trinajstić information content (AvgIpc) is 3.50. The third kappa shape index (κ3) is 6.02. The summed E-state index contributed by atoms with van der Waals surface area (Å²) in [5.74, 6) is -1.76. The molecular formula is C41H31F3N2O4. The Morgan fingerprint density at radius 1 is 0.800 bits per heavy atom. The summed E-state index contributed by atoms with van der Waals surface area (Å²) in [4.78, 5) is 30.6. The fourth-order valence-corrected chi connectivity index (χ4v) is 6.60. The van der Waals surface area contributed by atoms with Crippen LogP contribution in [0.25, 0.3) is 32.9 Å². The lowest BCUT2D eigenvalue weighted by atomic mass is 9.84. The van der Waals surface area contributed by atoms with E-state index in [0.29, 0.717) is 38.8 Å². The van der Waals surface area contributed by atoms with E-state index in [9.17, 15) is 27.9 Å². The number of pyridine rings is 1. The van der Waals surface area contributed by atoms with Gasteiger partial charge in [0, 0.05) is 35.5 Å². The van der Waals surface area contributed by atoms with Crippen LogP contribution in [0.3, 0.4) is 0 Å². The van der Waals surface area contributed by atoms with Gasteiger partial charge in [-0.2, -0.15) is 13.2 Å². The van der Waals surface area contributed by atoms with Gasteiger partial charge < -0.3 is 19.4 Å². The summed E-state index contributed by atoms with van der Waals surface area (Å²) in [5, 5.41) is 12.9. The topological polar surface area (TPSA) is 84.3 Å². The van der Waals surface area contributed by atoms with E-state index in [4.69, 9.17) is 4.74 Å². The molecule has 0 aliphatic rings. The van der Waals surface area contributed by atoms with Gasteiger partial charge in [0.25, 0.3) is 5.56 Å². The van der Waals surface area contributed by atoms with Crippen LogP contribution >= 0.6 is 0 Å². The van der Waals surface area contributed by atoms with Gasteiger partial charge in [-0.25, -0.2) is 4.79 Å². The van der Waals surface area contributed by atoms with E-state index in [1.807, 2.05) is 66.7 Å². The summed E-state index contributed by atoms with van der Waals surface area (Å²) in [7, 11) is 1.59. The molecule has 0 aliphatic heterocycles. The lowest BCUT2D eigenvalue weighted by molar-refractivity contribution is -0.137. The van der Waals surface area contributed by atoms with Crippen molar-refractivity contribution in [3.63, 3.8) is 0 Å². The molecule has 0 aliphatic carbocycles. The molecule has 5 aromatic carbocycles. The SMILES string of the molecule is Cn1c(=O)c(C(c2ccc(C(F)(F)F)cc2)c2[nH]c3ccccc3c2CCOC(=O)c2ccc(-c3ccccc3)cc2)c(O)c2ccccc21. The van der Waals surface area contributed by atoms with Crippen molar-refractivity contribution in [3.8, 4) is 16.9 Å². The van der Waals surface area contributed by atoms with Crippen molar-refractivity contribution in [3.05, 3.63) is 171 Å². The van der Waals surface area contributed by atoms with Crippen molar-refractivity contribution < 1.29 is 27.8 Å². The number of benzene rings is 5. The molecule has 0 fully saturated rings. The molecule has 0 radical (unpaired) electrons. The van der Waals surface area contributed by atoms with Crippen LogP contribution in [-0.2, 0) is 24.4 Å². The number of nitrogens with one attached hydrogen (secondary N) is 1. The van der Waals surface area contributed by atoms with E-state index >= 15 is 0 Å². The molecule has 2 heterocycles. The van der Waals surface area contributed by atoms with E-state index in [2.05, 4.69) is 4.98 Å². The highest BCUT2D eigenvalue weighted by molar-refractivity contribution is 5.91. The van der Waals surface area contributed by atoms with Gasteiger partial charge in [-0.05, 0) is 64.7 Å². The number of alkyl halides is 3. The molecule has 50 heavy (non-hydrogen) atoms. The number of aromatic nitrogens is 2. The number of halogens is 3. The molecule has 0 saturated heterocycles. The van der Waals surface area contributed by atoms with Gasteiger partial charge in [-0.1, -0.05) is 84.9 Å². The van der Waals surface area contributed by atoms with Gasteiger partial charge in [0.1, 0.15) is 5.75 Å². The van der Waals surface area contributed by atoms with Gasteiger partial charge in [-0.15, -0.1) is 0 Å². The third-order valence-electron chi connectivity index (χ3n) is 9.12. The second-order valence-electron chi connectivity index (χ2n) is 12.1. The number of ether oxygens (including phenoxy) is 1. The van der Waals surface area contributed by atoms with Crippen molar-refractivity contribution in [2.24, 2.45) is 7.05 Å². The monoisotopic (exact) mass is 672 g/mol. The molecule has 2 N–H and O–H groups in total. The molecule has 9 heteroatoms. The predicted octanol–water partition coefficient (Wildman–Crippen LogP) is 8.99. The minimum atomic E-state index is -4.56. The number of esters is 1. The Morgan fingerprint density at radius 3 is 2.12 bits per heavy atom. The molecule has 1 atom stereocenters. The summed E-state index contributed by atoms with van der Waals surface area (Å²) in [5.41, 5.74) is 3.83. The number of aromatic amines is 1. The highest BCUT2D eigenvalue weighted by Gasteiger charge is 2.33. The van der Waals surface area contributed by atoms with E-state index < -0.39 is 29.2 Å². The third-order valence-corrected chi connectivity index (χ3v) is 9.12. The molecule has 0 saturated carbocycles. The second-order valence-corrected chi connectivity index (χ2v) is 12.1. The molecule has 0 amide bonds. The van der Waals surface area contributed by atoms with Gasteiger partial charge in [0.15, 0.2) is 0 Å². The summed E-state index contributed by atoms with van der Waals surface area (Å²) < 4.78 is 48.0. The molecule has 0 bridgehead atoms. The molecule has 250 valence electrons. The van der Waals surface area contributed by atoms with Gasteiger partial charge >= 0.3 is 12.1 Å². The Kier molecular flexibility index (Phi) is 8.49. The number of para-hydroxylation sites is 2. The van der Waals surface area contributed by atoms with Gasteiger partial charge in [0.05, 0.1) is 34.7 Å². The zero-order chi connectivity index (χ0) is 35.0. The summed E-state index contributed by atoms with van der Waals surface area (Å²) in [6.45, 7) is -0.0183. The lowest BCUT2D eigenvalue weighted by Crippen LogP contribution is -2.25. The van der Waals surface area contributed by atoms with Crippen molar-refractivity contribution in [2.75, 3.05) is 6.61 Å². The Labute approximate surface area is 285 Å². The number of fused-ring (bicyclic) bond motifs is 2. The number of aromatic hydroxyl groups is 1. The highest BCUT2D eigenvalue weighted by atomic mass is 19.4. The number of aryl methyl sites for hydroxylation is 1. The van der Waals surface area contributed by atoms with Gasteiger partial charge in [-0.3, -0.25) is 4.79 Å². The predicted molar refractivity (Wildman–Crippen MR) is 187 cm³/mol. The lowest BCUT2D eigenvalue weighted by Gasteiger charge is -2.22. The highest BCUT2D eigenvalue weighted by Crippen LogP contribution is 2.42. The molecule has 6 nitrogen and oxygen atoms in total. The number of carbonyl (C=O) groups is 1. The number of carbonyl (C=O) groups excluding carboxylic acids is 1. The van der Waals surface area contributed by atoms with E-state index in [-0.39, 0.29) is 24.3 Å². The fraction of sp³-hybridized carbons (Fsp3) is 0.122. The van der Waals surface area contributed by atoms with Crippen LogP contribution in [0, 0.1) is 0 Å². The fourth-order valence-electron chi connectivity index (χ4n) is 6.60. The smallest absolute Gasteiger partial charge is 0.416 e. The van der Waals surface area contributed by atoms with Crippen molar-refractivity contribution in [1.29, 1.82) is 0 Å². The number of hydrogen-bond donors (Lipinski definition) is 2. The number of nitrogens with zero attached hydrogens (tertiary/aromatic N) is 1. The number of rotatable bonds is 8. The first-order valence-electron chi connectivity index (χ1n) is 16.0. The Balaban J connectivity index is 1.29. The maximum absolute atomic E-state index is 14.1. The Hall–Kier alpha value is -6.09. The minimum absolute atomic E-state index is 0.00858. The van der Waals surface area contributed by atoms with Crippen molar-refractivity contribution in [1.82, 2.24) is 9.55 Å². The van der Waals surface area contributed by atoms with Crippen LogP contribution in [0.4, 0.5) is 13.2 Å². The quantitative estimate of drug-likeness (QED) is 0.158. The zero-order valence-electron chi connectivity index (χ0n) is 26.9. The maximum Gasteiger partial charge on any atom is 0.416 e. The standard InChI is InChI=1S/C41H31F3N2O4/c1-46-34-14-8-6-12-32(34)38(47)36(39(46)48)35(27-19-21-29(22-20-27)41(42,43)44)37-31(30-11-5-7-13-33(30)45-37)23-24-50-40(49)28-17-15-26(16-18-28)25-9-3-2-4-10-25/h2-22,35,45,47H,23-24H2,1H3. The van der Waals surface area contributed by atoms with Crippen LogP contribution in [0.5, 0.6) is 5.75 Å². The van der Waals surface area contributed by atoms with Crippen LogP contribution in [0.15, 0.2) is 132 Å². The van der Waals surface area contributed by atoms with Crippen LogP contribution in [0.2, 0.25) is 0 Å². The average molecular weight is 673 g/mol. The van der Waals surface area contributed by atoms with Crippen molar-refractivity contribution >= 4 is 27.8 Å². The minimum Gasteiger partial charge on any atom is -0.507 e. The summed E-state index contributed by atoms with van der Waals surface area (Å²) in [6.07, 6.45) is -4.34. The molecule has 7 rings (SSSR count). The molecule has 1 unspecified atom stereocenters. The summed E-state index contributed by atoms with van der Waals surface area (Å²) >= 11 is 0. The molecule has 2 aromatic heterocycles. The zero-order valence-corrected chi connectivity index (χ0v) is 26.9. The molecule has 0 spiro atoms. The Bertz CT molecular complexity index is 2400. The largest absolute Gasteiger partial charge is 0.507 e. The number of hydrogen-bond acceptors (Lipinski definition) is 4. The van der Waals surface area contributed by atoms with E-state index in [1.165, 1.54) is 16.7 Å². The van der Waals surface area contributed by atoms with Crippen LogP contribution < -0.4 is 5.56 Å². The Morgan fingerprint density at radius 2 is 1.42 bits per heavy atom. The first kappa shape index (κ1) is 32.5. The maximum atomic E-state index is 14.1. The molecule has 7 aromatic rings. The van der Waals surface area contributed by atoms with Crippen molar-refractivity contribution in [2.45, 2.75) is 18.5 Å². The molecular weight excluding hydrogens is 641 g/mol. The van der Waals surface area contributed by atoms with Crippen LogP contribution in [-0.4, -0.2) is 27.2 Å². The second kappa shape index (κ2) is 13.1. The van der Waals surface area contributed by atoms with Crippen LogP contribution in [0.1, 0.15) is 44.2 Å². The first-order valence-corrected chi connectivity index (χ1v) is 16.0. The first-order chi connectivity index (χ1) is 24.1. The van der Waals surface area contributed by atoms with E-state index in [1.54, 1.807) is 43.4 Å². The van der Waals surface area contributed by atoms with Gasteiger partial charge in [0.2, 0.25) is 0 Å². The van der Waals surface area contributed by atoms with E-state index in [0.717, 1.165) is 28.6 Å². The normalized spacial score (nSPS) is 12.3. The summed E-state index contributed by atoms with van der Waals surface area (Å²) in [6, 6.07) is 35.8. The number of H-pyrrole nitrogens is 1.